The summed E-state index contributed by atoms with van der Waals surface area (Å²) in [6.45, 7) is 8.61. The molecule has 3 aromatic rings. The number of carbonyl (C=O) groups is 1. The molecule has 3 aromatic carbocycles. The van der Waals surface area contributed by atoms with Gasteiger partial charge in [-0.3, -0.25) is 4.79 Å². The fraction of sp³-hybridized carbons (Fsp3) is 0.185. The molecule has 32 heavy (non-hydrogen) atoms. The van der Waals surface area contributed by atoms with Crippen molar-refractivity contribution in [2.75, 3.05) is 5.32 Å². The number of rotatable bonds is 6. The van der Waals surface area contributed by atoms with Crippen LogP contribution in [0.5, 0.6) is 5.75 Å². The van der Waals surface area contributed by atoms with Gasteiger partial charge in [-0.2, -0.15) is 5.26 Å². The summed E-state index contributed by atoms with van der Waals surface area (Å²) in [5.74, 6) is 0.238. The van der Waals surface area contributed by atoms with E-state index in [0.29, 0.717) is 17.3 Å². The number of amides is 1. The Balaban J connectivity index is 1.70. The van der Waals surface area contributed by atoms with E-state index in [9.17, 15) is 10.1 Å². The highest BCUT2D eigenvalue weighted by Gasteiger charge is 2.11. The lowest BCUT2D eigenvalue weighted by atomic mass is 10.0. The second kappa shape index (κ2) is 10.2. The molecule has 0 bridgehead atoms. The molecule has 0 atom stereocenters. The number of hydrogen-bond donors (Lipinski definition) is 1. The van der Waals surface area contributed by atoms with Gasteiger partial charge in [0.1, 0.15) is 24.0 Å². The van der Waals surface area contributed by atoms with E-state index < -0.39 is 5.91 Å². The lowest BCUT2D eigenvalue weighted by molar-refractivity contribution is -0.112. The van der Waals surface area contributed by atoms with E-state index >= 15 is 0 Å². The van der Waals surface area contributed by atoms with Crippen LogP contribution in [-0.4, -0.2) is 5.91 Å². The molecule has 0 saturated heterocycles. The SMILES string of the molecule is Cc1cc(C)c(COc2ccc(/C=C(\C#N)C(=O)Nc3cc(Cl)ccc3C)cc2)c(C)c1. The van der Waals surface area contributed by atoms with Gasteiger partial charge in [0.15, 0.2) is 0 Å². The molecule has 0 aliphatic rings. The molecule has 4 nitrogen and oxygen atoms in total. The highest BCUT2D eigenvalue weighted by Crippen LogP contribution is 2.22. The Morgan fingerprint density at radius 2 is 1.66 bits per heavy atom. The van der Waals surface area contributed by atoms with E-state index in [1.165, 1.54) is 22.3 Å². The standard InChI is InChI=1S/C27H25ClN2O2/c1-17-11-19(3)25(20(4)12-17)16-32-24-9-6-21(7-10-24)13-22(15-29)27(31)30-26-14-23(28)8-5-18(26)2/h5-14H,16H2,1-4H3,(H,30,31)/b22-13+. The van der Waals surface area contributed by atoms with Gasteiger partial charge in [-0.25, -0.2) is 0 Å². The number of nitrogens with zero attached hydrogens (tertiary/aromatic N) is 1. The van der Waals surface area contributed by atoms with Gasteiger partial charge in [-0.1, -0.05) is 47.5 Å². The van der Waals surface area contributed by atoms with E-state index in [1.807, 2.05) is 43.3 Å². The van der Waals surface area contributed by atoms with Gasteiger partial charge < -0.3 is 10.1 Å². The number of benzene rings is 3. The molecule has 162 valence electrons. The normalized spacial score (nSPS) is 11.1. The number of aryl methyl sites for hydroxylation is 4. The lowest BCUT2D eigenvalue weighted by Gasteiger charge is -2.13. The fourth-order valence-corrected chi connectivity index (χ4v) is 3.66. The van der Waals surface area contributed by atoms with Crippen molar-refractivity contribution in [2.45, 2.75) is 34.3 Å². The highest BCUT2D eigenvalue weighted by atomic mass is 35.5. The molecule has 0 unspecified atom stereocenters. The molecule has 5 heteroatoms. The number of hydrogen-bond acceptors (Lipinski definition) is 3. The Morgan fingerprint density at radius 3 is 2.28 bits per heavy atom. The number of nitriles is 1. The van der Waals surface area contributed by atoms with Crippen molar-refractivity contribution >= 4 is 29.3 Å². The van der Waals surface area contributed by atoms with Crippen LogP contribution in [-0.2, 0) is 11.4 Å². The zero-order chi connectivity index (χ0) is 23.3. The fourth-order valence-electron chi connectivity index (χ4n) is 3.49. The predicted octanol–water partition coefficient (Wildman–Crippen LogP) is 6.70. The quantitative estimate of drug-likeness (QED) is 0.340. The summed E-state index contributed by atoms with van der Waals surface area (Å²) >= 11 is 6.00. The number of nitrogens with one attached hydrogen (secondary N) is 1. The largest absolute Gasteiger partial charge is 0.489 e. The minimum absolute atomic E-state index is 0.00366. The molecule has 0 radical (unpaired) electrons. The van der Waals surface area contributed by atoms with Gasteiger partial charge in [-0.15, -0.1) is 0 Å². The van der Waals surface area contributed by atoms with Crippen molar-refractivity contribution in [2.24, 2.45) is 0 Å². The third kappa shape index (κ3) is 5.78. The van der Waals surface area contributed by atoms with Gasteiger partial charge in [0, 0.05) is 10.7 Å². The molecule has 0 spiro atoms. The minimum atomic E-state index is -0.483. The Hall–Kier alpha value is -3.55. The molecule has 1 N–H and O–H groups in total. The van der Waals surface area contributed by atoms with Crippen molar-refractivity contribution in [1.29, 1.82) is 5.26 Å². The first kappa shape index (κ1) is 23.1. The van der Waals surface area contributed by atoms with Crippen molar-refractivity contribution in [3.63, 3.8) is 0 Å². The van der Waals surface area contributed by atoms with Gasteiger partial charge in [0.25, 0.3) is 5.91 Å². The maximum atomic E-state index is 12.6. The monoisotopic (exact) mass is 444 g/mol. The van der Waals surface area contributed by atoms with Gasteiger partial charge in [-0.05, 0) is 85.9 Å². The van der Waals surface area contributed by atoms with Crippen molar-refractivity contribution in [3.05, 3.63) is 98.6 Å². The second-order valence-corrected chi connectivity index (χ2v) is 8.25. The third-order valence-electron chi connectivity index (χ3n) is 5.23. The summed E-state index contributed by atoms with van der Waals surface area (Å²) in [6, 6.07) is 18.8. The molecule has 3 rings (SSSR count). The molecule has 0 saturated carbocycles. The molecule has 0 aliphatic heterocycles. The molecule has 1 amide bonds. The number of ether oxygens (including phenoxy) is 1. The number of halogens is 1. The van der Waals surface area contributed by atoms with Crippen LogP contribution in [0.2, 0.25) is 5.02 Å². The van der Waals surface area contributed by atoms with Crippen LogP contribution >= 0.6 is 11.6 Å². The van der Waals surface area contributed by atoms with Crippen LogP contribution in [0, 0.1) is 39.0 Å². The van der Waals surface area contributed by atoms with Crippen LogP contribution in [0.3, 0.4) is 0 Å². The van der Waals surface area contributed by atoms with Gasteiger partial charge in [0.05, 0.1) is 0 Å². The van der Waals surface area contributed by atoms with E-state index in [4.69, 9.17) is 16.3 Å². The smallest absolute Gasteiger partial charge is 0.266 e. The lowest BCUT2D eigenvalue weighted by Crippen LogP contribution is -2.14. The third-order valence-corrected chi connectivity index (χ3v) is 5.46. The molecular formula is C27H25ClN2O2. The van der Waals surface area contributed by atoms with E-state index in [-0.39, 0.29) is 5.57 Å². The molecular weight excluding hydrogens is 420 g/mol. The Bertz CT molecular complexity index is 1200. The second-order valence-electron chi connectivity index (χ2n) is 7.82. The van der Waals surface area contributed by atoms with E-state index in [1.54, 1.807) is 18.2 Å². The van der Waals surface area contributed by atoms with Crippen molar-refractivity contribution in [3.8, 4) is 11.8 Å². The van der Waals surface area contributed by atoms with Gasteiger partial charge >= 0.3 is 0 Å². The average Bonchev–Trinajstić information content (AvgIpc) is 2.74. The first-order valence-electron chi connectivity index (χ1n) is 10.3. The molecule has 0 fully saturated rings. The number of carbonyl (C=O) groups excluding carboxylic acids is 1. The summed E-state index contributed by atoms with van der Waals surface area (Å²) in [5.41, 5.74) is 7.01. The molecule has 0 aromatic heterocycles. The average molecular weight is 445 g/mol. The minimum Gasteiger partial charge on any atom is -0.489 e. The van der Waals surface area contributed by atoms with Crippen LogP contribution < -0.4 is 10.1 Å². The van der Waals surface area contributed by atoms with Crippen molar-refractivity contribution in [1.82, 2.24) is 0 Å². The topological polar surface area (TPSA) is 62.1 Å². The Morgan fingerprint density at radius 1 is 1.00 bits per heavy atom. The Kier molecular flexibility index (Phi) is 7.35. The van der Waals surface area contributed by atoms with E-state index in [0.717, 1.165) is 16.9 Å². The maximum Gasteiger partial charge on any atom is 0.266 e. The molecule has 0 heterocycles. The molecule has 0 aliphatic carbocycles. The van der Waals surface area contributed by atoms with Crippen LogP contribution in [0.1, 0.15) is 33.4 Å². The summed E-state index contributed by atoms with van der Waals surface area (Å²) < 4.78 is 5.95. The number of anilines is 1. The van der Waals surface area contributed by atoms with Crippen LogP contribution in [0.15, 0.2) is 60.2 Å². The predicted molar refractivity (Wildman–Crippen MR) is 130 cm³/mol. The summed E-state index contributed by atoms with van der Waals surface area (Å²) in [7, 11) is 0. The zero-order valence-corrected chi connectivity index (χ0v) is 19.4. The summed E-state index contributed by atoms with van der Waals surface area (Å²) in [5, 5.41) is 12.7. The first-order chi connectivity index (χ1) is 15.3. The maximum absolute atomic E-state index is 12.6. The summed E-state index contributed by atoms with van der Waals surface area (Å²) in [4.78, 5) is 12.6. The Labute approximate surface area is 194 Å². The first-order valence-corrected chi connectivity index (χ1v) is 10.6. The zero-order valence-electron chi connectivity index (χ0n) is 18.6. The summed E-state index contributed by atoms with van der Waals surface area (Å²) in [6.07, 6.45) is 1.55. The van der Waals surface area contributed by atoms with Crippen LogP contribution in [0.4, 0.5) is 5.69 Å². The highest BCUT2D eigenvalue weighted by molar-refractivity contribution is 6.31. The van der Waals surface area contributed by atoms with E-state index in [2.05, 4.69) is 38.2 Å². The van der Waals surface area contributed by atoms with Crippen molar-refractivity contribution < 1.29 is 9.53 Å². The van der Waals surface area contributed by atoms with Gasteiger partial charge in [0.2, 0.25) is 0 Å². The van der Waals surface area contributed by atoms with Crippen LogP contribution in [0.25, 0.3) is 6.08 Å².